The molecule has 0 saturated carbocycles. The van der Waals surface area contributed by atoms with E-state index in [0.29, 0.717) is 22.1 Å². The Morgan fingerprint density at radius 1 is 1.19 bits per heavy atom. The van der Waals surface area contributed by atoms with Gasteiger partial charge in [0, 0.05) is 5.02 Å². The number of halogens is 1. The molecule has 2 aromatic rings. The van der Waals surface area contributed by atoms with Gasteiger partial charge in [0.2, 0.25) is 5.78 Å². The first kappa shape index (κ1) is 13.9. The molecular formula is C18H15ClO2. The molecule has 1 aliphatic heterocycles. The third-order valence-corrected chi connectivity index (χ3v) is 4.04. The summed E-state index contributed by atoms with van der Waals surface area (Å²) < 4.78 is 5.67. The van der Waals surface area contributed by atoms with Gasteiger partial charge in [0.1, 0.15) is 5.75 Å². The Morgan fingerprint density at radius 3 is 2.57 bits per heavy atom. The molecule has 0 aromatic heterocycles. The minimum Gasteiger partial charge on any atom is -0.452 e. The molecule has 2 nitrogen and oxygen atoms in total. The number of benzene rings is 2. The van der Waals surface area contributed by atoms with Crippen LogP contribution in [0.5, 0.6) is 5.75 Å². The zero-order chi connectivity index (χ0) is 15.0. The van der Waals surface area contributed by atoms with Crippen molar-refractivity contribution < 1.29 is 9.53 Å². The smallest absolute Gasteiger partial charge is 0.232 e. The molecule has 0 atom stereocenters. The fraction of sp³-hybridized carbons (Fsp3) is 0.167. The molecule has 3 rings (SSSR count). The zero-order valence-electron chi connectivity index (χ0n) is 11.9. The molecule has 0 bridgehead atoms. The molecule has 0 unspecified atom stereocenters. The van der Waals surface area contributed by atoms with E-state index >= 15 is 0 Å². The van der Waals surface area contributed by atoms with Crippen LogP contribution in [0, 0.1) is 6.92 Å². The Kier molecular flexibility index (Phi) is 3.56. The molecule has 3 heteroatoms. The number of ketones is 1. The van der Waals surface area contributed by atoms with Crippen molar-refractivity contribution in [3.05, 3.63) is 69.4 Å². The third kappa shape index (κ3) is 2.59. The van der Waals surface area contributed by atoms with E-state index in [1.807, 2.05) is 19.1 Å². The minimum atomic E-state index is -0.119. The average molecular weight is 299 g/mol. The van der Waals surface area contributed by atoms with Gasteiger partial charge in [0.25, 0.3) is 0 Å². The zero-order valence-corrected chi connectivity index (χ0v) is 12.7. The van der Waals surface area contributed by atoms with Crippen molar-refractivity contribution in [2.75, 3.05) is 0 Å². The molecule has 1 heterocycles. The Labute approximate surface area is 129 Å². The van der Waals surface area contributed by atoms with Crippen LogP contribution >= 0.6 is 11.6 Å². The van der Waals surface area contributed by atoms with E-state index in [4.69, 9.17) is 16.3 Å². The van der Waals surface area contributed by atoms with Crippen LogP contribution in [0.4, 0.5) is 0 Å². The van der Waals surface area contributed by atoms with Crippen LogP contribution in [-0.4, -0.2) is 5.78 Å². The highest BCUT2D eigenvalue weighted by Gasteiger charge is 2.28. The Bertz CT molecular complexity index is 743. The van der Waals surface area contributed by atoms with Crippen molar-refractivity contribution in [3.8, 4) is 5.75 Å². The molecule has 106 valence electrons. The van der Waals surface area contributed by atoms with Gasteiger partial charge in [-0.15, -0.1) is 0 Å². The van der Waals surface area contributed by atoms with Crippen molar-refractivity contribution >= 4 is 23.5 Å². The van der Waals surface area contributed by atoms with E-state index < -0.39 is 0 Å². The summed E-state index contributed by atoms with van der Waals surface area (Å²) in [5, 5.41) is 0.583. The van der Waals surface area contributed by atoms with Crippen LogP contribution < -0.4 is 4.74 Å². The predicted octanol–water partition coefficient (Wildman–Crippen LogP) is 4.83. The van der Waals surface area contributed by atoms with Gasteiger partial charge in [-0.25, -0.2) is 0 Å². The van der Waals surface area contributed by atoms with Gasteiger partial charge in [0.05, 0.1) is 5.56 Å². The van der Waals surface area contributed by atoms with Crippen LogP contribution in [-0.2, 0) is 6.42 Å². The van der Waals surface area contributed by atoms with Crippen LogP contribution in [0.1, 0.15) is 34.0 Å². The molecule has 0 saturated heterocycles. The van der Waals surface area contributed by atoms with E-state index in [0.717, 1.165) is 17.5 Å². The number of carbonyl (C=O) groups is 1. The number of hydrogen-bond acceptors (Lipinski definition) is 2. The summed E-state index contributed by atoms with van der Waals surface area (Å²) in [5.74, 6) is 0.806. The van der Waals surface area contributed by atoms with Gasteiger partial charge in [-0.05, 0) is 48.2 Å². The van der Waals surface area contributed by atoms with E-state index in [9.17, 15) is 4.79 Å². The number of rotatable bonds is 2. The number of carbonyl (C=O) groups excluding carboxylic acids is 1. The van der Waals surface area contributed by atoms with Crippen LogP contribution in [0.3, 0.4) is 0 Å². The fourth-order valence-electron chi connectivity index (χ4n) is 2.31. The summed E-state index contributed by atoms with van der Waals surface area (Å²) in [7, 11) is 0. The number of allylic oxidation sites excluding steroid dienone is 1. The number of Topliss-reactive ketones (excluding diaryl/α,β-unsaturated/α-hetero) is 1. The molecule has 0 N–H and O–H groups in total. The molecule has 1 aliphatic rings. The predicted molar refractivity (Wildman–Crippen MR) is 84.9 cm³/mol. The third-order valence-electron chi connectivity index (χ3n) is 3.63. The molecule has 21 heavy (non-hydrogen) atoms. The molecular weight excluding hydrogens is 284 g/mol. The van der Waals surface area contributed by atoms with Crippen LogP contribution in [0.15, 0.2) is 42.2 Å². The summed E-state index contributed by atoms with van der Waals surface area (Å²) in [4.78, 5) is 12.3. The fourth-order valence-corrected chi connectivity index (χ4v) is 2.47. The second-order valence-corrected chi connectivity index (χ2v) is 5.54. The van der Waals surface area contributed by atoms with Gasteiger partial charge in [-0.1, -0.05) is 42.8 Å². The lowest BCUT2D eigenvalue weighted by Gasteiger charge is -2.01. The molecule has 0 amide bonds. The highest BCUT2D eigenvalue weighted by molar-refractivity contribution is 6.32. The van der Waals surface area contributed by atoms with Crippen molar-refractivity contribution in [2.45, 2.75) is 20.3 Å². The highest BCUT2D eigenvalue weighted by atomic mass is 35.5. The Morgan fingerprint density at radius 2 is 1.90 bits per heavy atom. The lowest BCUT2D eigenvalue weighted by Crippen LogP contribution is -1.98. The van der Waals surface area contributed by atoms with E-state index in [1.165, 1.54) is 5.56 Å². The summed E-state index contributed by atoms with van der Waals surface area (Å²) in [6.45, 7) is 4.00. The second kappa shape index (κ2) is 5.38. The quantitative estimate of drug-likeness (QED) is 0.743. The lowest BCUT2D eigenvalue weighted by atomic mass is 10.1. The van der Waals surface area contributed by atoms with Crippen molar-refractivity contribution in [1.82, 2.24) is 0 Å². The van der Waals surface area contributed by atoms with Crippen LogP contribution in [0.25, 0.3) is 6.08 Å². The molecule has 2 aromatic carbocycles. The monoisotopic (exact) mass is 298 g/mol. The van der Waals surface area contributed by atoms with Crippen molar-refractivity contribution in [1.29, 1.82) is 0 Å². The standard InChI is InChI=1S/C18H15ClO2/c1-3-12-4-6-13(7-5-12)9-17-18(20)14-10-15(19)11(2)8-16(14)21-17/h4-10H,3H2,1-2H3/b17-9-. The maximum atomic E-state index is 12.3. The topological polar surface area (TPSA) is 26.3 Å². The maximum Gasteiger partial charge on any atom is 0.232 e. The van der Waals surface area contributed by atoms with Crippen molar-refractivity contribution in [3.63, 3.8) is 0 Å². The second-order valence-electron chi connectivity index (χ2n) is 5.13. The normalized spacial score (nSPS) is 15.2. The first-order chi connectivity index (χ1) is 10.1. The molecule has 0 fully saturated rings. The van der Waals surface area contributed by atoms with E-state index in [2.05, 4.69) is 19.1 Å². The van der Waals surface area contributed by atoms with Gasteiger partial charge in [-0.3, -0.25) is 4.79 Å². The first-order valence-electron chi connectivity index (χ1n) is 6.92. The molecule has 0 radical (unpaired) electrons. The number of ether oxygens (including phenoxy) is 1. The molecule has 0 spiro atoms. The SMILES string of the molecule is CCc1ccc(/C=C2\Oc3cc(C)c(Cl)cc3C2=O)cc1. The minimum absolute atomic E-state index is 0.119. The molecule has 0 aliphatic carbocycles. The summed E-state index contributed by atoms with van der Waals surface area (Å²) >= 11 is 6.07. The van der Waals surface area contributed by atoms with Crippen LogP contribution in [0.2, 0.25) is 5.02 Å². The number of aryl methyl sites for hydroxylation is 2. The maximum absolute atomic E-state index is 12.3. The number of hydrogen-bond donors (Lipinski definition) is 0. The van der Waals surface area contributed by atoms with Gasteiger partial charge in [0.15, 0.2) is 5.76 Å². The number of fused-ring (bicyclic) bond motifs is 1. The Balaban J connectivity index is 1.94. The lowest BCUT2D eigenvalue weighted by molar-refractivity contribution is 0.101. The average Bonchev–Trinajstić information content (AvgIpc) is 2.77. The summed E-state index contributed by atoms with van der Waals surface area (Å²) in [6, 6.07) is 11.6. The first-order valence-corrected chi connectivity index (χ1v) is 7.29. The van der Waals surface area contributed by atoms with E-state index in [-0.39, 0.29) is 5.78 Å². The Hall–Kier alpha value is -2.06. The largest absolute Gasteiger partial charge is 0.452 e. The summed E-state index contributed by atoms with van der Waals surface area (Å²) in [6.07, 6.45) is 2.76. The van der Waals surface area contributed by atoms with Gasteiger partial charge in [-0.2, -0.15) is 0 Å². The van der Waals surface area contributed by atoms with Gasteiger partial charge >= 0.3 is 0 Å². The summed E-state index contributed by atoms with van der Waals surface area (Å²) in [5.41, 5.74) is 3.64. The van der Waals surface area contributed by atoms with E-state index in [1.54, 1.807) is 18.2 Å². The van der Waals surface area contributed by atoms with Crippen molar-refractivity contribution in [2.24, 2.45) is 0 Å². The highest BCUT2D eigenvalue weighted by Crippen LogP contribution is 2.35. The van der Waals surface area contributed by atoms with Gasteiger partial charge < -0.3 is 4.74 Å².